The molecule has 0 bridgehead atoms. The topological polar surface area (TPSA) is 109 Å². The highest BCUT2D eigenvalue weighted by atomic mass is 32.1. The van der Waals surface area contributed by atoms with Gasteiger partial charge in [0, 0.05) is 29.6 Å². The van der Waals surface area contributed by atoms with Crippen molar-refractivity contribution in [1.29, 1.82) is 5.26 Å². The number of amides is 1. The van der Waals surface area contributed by atoms with Crippen LogP contribution in [0.2, 0.25) is 0 Å². The van der Waals surface area contributed by atoms with Crippen LogP contribution in [0, 0.1) is 21.4 Å². The van der Waals surface area contributed by atoms with Crippen LogP contribution in [0.1, 0.15) is 16.0 Å². The summed E-state index contributed by atoms with van der Waals surface area (Å²) in [5, 5.41) is 23.1. The predicted octanol–water partition coefficient (Wildman–Crippen LogP) is 4.19. The Balaban J connectivity index is 1.72. The molecule has 1 amide bonds. The number of nitriles is 1. The number of aromatic nitrogens is 1. The number of nitro benzene ring substituents is 1. The summed E-state index contributed by atoms with van der Waals surface area (Å²) in [6, 6.07) is 17.4. The lowest BCUT2D eigenvalue weighted by Crippen LogP contribution is -2.13. The molecule has 0 radical (unpaired) electrons. The average Bonchev–Trinajstić information content (AvgIpc) is 3.13. The van der Waals surface area contributed by atoms with Crippen molar-refractivity contribution in [1.82, 2.24) is 4.98 Å². The first-order valence-corrected chi connectivity index (χ1v) is 9.03. The first kappa shape index (κ1) is 18.9. The Morgan fingerprint density at radius 3 is 2.75 bits per heavy atom. The largest absolute Gasteiger partial charge is 0.297 e. The van der Waals surface area contributed by atoms with Gasteiger partial charge in [0.05, 0.1) is 4.92 Å². The summed E-state index contributed by atoms with van der Waals surface area (Å²) in [7, 11) is 0. The molecule has 0 atom stereocenters. The van der Waals surface area contributed by atoms with E-state index in [1.807, 2.05) is 36.4 Å². The Morgan fingerprint density at radius 2 is 2.04 bits per heavy atom. The van der Waals surface area contributed by atoms with Gasteiger partial charge in [0.2, 0.25) is 0 Å². The fraction of sp³-hybridized carbons (Fsp3) is 0.0500. The van der Waals surface area contributed by atoms with E-state index in [0.717, 1.165) is 10.4 Å². The lowest BCUT2D eigenvalue weighted by molar-refractivity contribution is -0.384. The first-order chi connectivity index (χ1) is 13.5. The van der Waals surface area contributed by atoms with Gasteiger partial charge in [-0.05, 0) is 17.2 Å². The van der Waals surface area contributed by atoms with E-state index in [4.69, 9.17) is 0 Å². The Hall–Kier alpha value is -3.83. The number of nitrogens with one attached hydrogen (secondary N) is 1. The van der Waals surface area contributed by atoms with E-state index in [0.29, 0.717) is 17.1 Å². The number of benzene rings is 2. The summed E-state index contributed by atoms with van der Waals surface area (Å²) in [6.07, 6.45) is 3.69. The number of hydrogen-bond donors (Lipinski definition) is 1. The Kier molecular flexibility index (Phi) is 5.89. The molecule has 0 aliphatic heterocycles. The highest BCUT2D eigenvalue weighted by molar-refractivity contribution is 7.15. The molecule has 138 valence electrons. The van der Waals surface area contributed by atoms with Crippen LogP contribution in [-0.4, -0.2) is 15.8 Å². The second kappa shape index (κ2) is 8.70. The van der Waals surface area contributed by atoms with Crippen molar-refractivity contribution in [2.75, 3.05) is 5.32 Å². The van der Waals surface area contributed by atoms with Crippen molar-refractivity contribution in [2.24, 2.45) is 0 Å². The van der Waals surface area contributed by atoms with Gasteiger partial charge in [-0.25, -0.2) is 4.98 Å². The number of anilines is 1. The molecule has 0 aliphatic rings. The SMILES string of the molecule is N#CC(=Cc1cccc([N+](=O)[O-])c1)C(=O)Nc1ncc(Cc2ccccc2)s1. The standard InChI is InChI=1S/C20H14N4O3S/c21-12-16(9-15-7-4-8-17(10-15)24(26)27)19(25)23-20-22-13-18(28-20)11-14-5-2-1-3-6-14/h1-10,13H,11H2,(H,22,23,25). The smallest absolute Gasteiger partial charge is 0.270 e. The Bertz CT molecular complexity index is 1080. The molecule has 3 rings (SSSR count). The van der Waals surface area contributed by atoms with Crippen LogP contribution >= 0.6 is 11.3 Å². The fourth-order valence-corrected chi connectivity index (χ4v) is 3.29. The maximum absolute atomic E-state index is 12.4. The highest BCUT2D eigenvalue weighted by Crippen LogP contribution is 2.22. The third-order valence-corrected chi connectivity index (χ3v) is 4.67. The minimum atomic E-state index is -0.616. The Labute approximate surface area is 164 Å². The molecule has 1 aromatic heterocycles. The molecule has 0 aliphatic carbocycles. The number of hydrogen-bond acceptors (Lipinski definition) is 6. The van der Waals surface area contributed by atoms with E-state index in [-0.39, 0.29) is 11.3 Å². The number of rotatable bonds is 6. The van der Waals surface area contributed by atoms with E-state index in [9.17, 15) is 20.2 Å². The van der Waals surface area contributed by atoms with Crippen molar-refractivity contribution < 1.29 is 9.72 Å². The maximum Gasteiger partial charge on any atom is 0.270 e. The third kappa shape index (κ3) is 4.87. The summed E-state index contributed by atoms with van der Waals surface area (Å²) in [5.41, 5.74) is 1.24. The molecule has 1 heterocycles. The van der Waals surface area contributed by atoms with E-state index in [2.05, 4.69) is 10.3 Å². The lowest BCUT2D eigenvalue weighted by atomic mass is 10.1. The highest BCUT2D eigenvalue weighted by Gasteiger charge is 2.13. The molecule has 0 unspecified atom stereocenters. The summed E-state index contributed by atoms with van der Waals surface area (Å²) >= 11 is 1.33. The molecule has 2 aromatic carbocycles. The van der Waals surface area contributed by atoms with E-state index in [1.165, 1.54) is 35.6 Å². The van der Waals surface area contributed by atoms with Gasteiger partial charge >= 0.3 is 0 Å². The monoisotopic (exact) mass is 390 g/mol. The zero-order valence-corrected chi connectivity index (χ0v) is 15.3. The zero-order chi connectivity index (χ0) is 19.9. The molecule has 0 spiro atoms. The number of nitro groups is 1. The van der Waals surface area contributed by atoms with Crippen LogP contribution in [-0.2, 0) is 11.2 Å². The lowest BCUT2D eigenvalue weighted by Gasteiger charge is -2.01. The van der Waals surface area contributed by atoms with E-state index in [1.54, 1.807) is 12.3 Å². The summed E-state index contributed by atoms with van der Waals surface area (Å²) in [5.74, 6) is -0.616. The van der Waals surface area contributed by atoms with Crippen molar-refractivity contribution >= 4 is 34.1 Å². The second-order valence-corrected chi connectivity index (χ2v) is 6.89. The van der Waals surface area contributed by atoms with Crippen LogP contribution in [0.4, 0.5) is 10.8 Å². The minimum absolute atomic E-state index is 0.114. The molecule has 0 fully saturated rings. The number of carbonyl (C=O) groups excluding carboxylic acids is 1. The van der Waals surface area contributed by atoms with Gasteiger partial charge in [0.1, 0.15) is 11.6 Å². The number of thiazole rings is 1. The van der Waals surface area contributed by atoms with Gasteiger partial charge in [-0.3, -0.25) is 20.2 Å². The summed E-state index contributed by atoms with van der Waals surface area (Å²) in [4.78, 5) is 27.8. The fourth-order valence-electron chi connectivity index (χ4n) is 2.45. The normalized spacial score (nSPS) is 10.9. The van der Waals surface area contributed by atoms with Crippen LogP contribution < -0.4 is 5.32 Å². The van der Waals surface area contributed by atoms with Crippen molar-refractivity contribution in [3.8, 4) is 6.07 Å². The molecule has 0 saturated heterocycles. The molecule has 3 aromatic rings. The number of non-ortho nitro benzene ring substituents is 1. The molecule has 7 nitrogen and oxygen atoms in total. The van der Waals surface area contributed by atoms with Crippen LogP contribution in [0.15, 0.2) is 66.4 Å². The molecule has 0 saturated carbocycles. The quantitative estimate of drug-likeness (QED) is 0.294. The van der Waals surface area contributed by atoms with Gasteiger partial charge in [-0.2, -0.15) is 5.26 Å². The van der Waals surface area contributed by atoms with Crippen molar-refractivity contribution in [3.05, 3.63) is 92.5 Å². The van der Waals surface area contributed by atoms with E-state index < -0.39 is 10.8 Å². The van der Waals surface area contributed by atoms with Crippen LogP contribution in [0.5, 0.6) is 0 Å². The number of carbonyl (C=O) groups is 1. The van der Waals surface area contributed by atoms with E-state index >= 15 is 0 Å². The van der Waals surface area contributed by atoms with Crippen LogP contribution in [0.3, 0.4) is 0 Å². The number of nitrogens with zero attached hydrogens (tertiary/aromatic N) is 3. The molecule has 8 heteroatoms. The Morgan fingerprint density at radius 1 is 1.25 bits per heavy atom. The summed E-state index contributed by atoms with van der Waals surface area (Å²) < 4.78 is 0. The first-order valence-electron chi connectivity index (χ1n) is 8.21. The van der Waals surface area contributed by atoms with Crippen molar-refractivity contribution in [3.63, 3.8) is 0 Å². The van der Waals surface area contributed by atoms with Crippen molar-refractivity contribution in [2.45, 2.75) is 6.42 Å². The minimum Gasteiger partial charge on any atom is -0.297 e. The summed E-state index contributed by atoms with van der Waals surface area (Å²) in [6.45, 7) is 0. The van der Waals surface area contributed by atoms with Gasteiger partial charge in [-0.15, -0.1) is 11.3 Å². The van der Waals surface area contributed by atoms with Gasteiger partial charge < -0.3 is 0 Å². The zero-order valence-electron chi connectivity index (χ0n) is 14.5. The maximum atomic E-state index is 12.4. The second-order valence-electron chi connectivity index (χ2n) is 5.77. The van der Waals surface area contributed by atoms with Gasteiger partial charge in [0.25, 0.3) is 11.6 Å². The predicted molar refractivity (Wildman–Crippen MR) is 107 cm³/mol. The third-order valence-electron chi connectivity index (χ3n) is 3.75. The van der Waals surface area contributed by atoms with Gasteiger partial charge in [0.15, 0.2) is 5.13 Å². The average molecular weight is 390 g/mol. The molecule has 28 heavy (non-hydrogen) atoms. The molecule has 1 N–H and O–H groups in total. The molecular formula is C20H14N4O3S. The van der Waals surface area contributed by atoms with Crippen LogP contribution in [0.25, 0.3) is 6.08 Å². The van der Waals surface area contributed by atoms with Gasteiger partial charge in [-0.1, -0.05) is 42.5 Å². The molecular weight excluding hydrogens is 376 g/mol.